The number of alkyl halides is 3. The number of aromatic nitrogens is 6. The van der Waals surface area contributed by atoms with E-state index in [1.807, 2.05) is 35.4 Å². The van der Waals surface area contributed by atoms with E-state index in [1.165, 1.54) is 0 Å². The van der Waals surface area contributed by atoms with Crippen LogP contribution in [0.4, 0.5) is 19.1 Å². The Balaban J connectivity index is 1.70. The Morgan fingerprint density at radius 1 is 1.06 bits per heavy atom. The van der Waals surface area contributed by atoms with E-state index in [-0.39, 0.29) is 5.95 Å². The lowest BCUT2D eigenvalue weighted by atomic mass is 10.1. The van der Waals surface area contributed by atoms with Crippen LogP contribution in [0.2, 0.25) is 0 Å². The van der Waals surface area contributed by atoms with E-state index >= 15 is 0 Å². The fourth-order valence-electron chi connectivity index (χ4n) is 3.74. The molecule has 0 amide bonds. The summed E-state index contributed by atoms with van der Waals surface area (Å²) in [4.78, 5) is 18.8. The van der Waals surface area contributed by atoms with Gasteiger partial charge in [0.25, 0.3) is 5.95 Å². The maximum absolute atomic E-state index is 13.3. The predicted octanol–water partition coefficient (Wildman–Crippen LogP) is 3.62. The summed E-state index contributed by atoms with van der Waals surface area (Å²) in [5.41, 5.74) is 1.05. The van der Waals surface area contributed by atoms with Crippen LogP contribution in [-0.2, 0) is 17.3 Å². The molecule has 5 rings (SSSR count). The molecular weight excluding hydrogens is 423 g/mol. The topological polar surface area (TPSA) is 84.8 Å². The summed E-state index contributed by atoms with van der Waals surface area (Å²) in [6, 6.07) is 8.63. The SMILES string of the molecule is CCc1cc(C(F)(F)F)nn1-c1nc(-c2cccc3[nH]ccc23)nc(N2CCOCC2)n1. The molecule has 0 radical (unpaired) electrons. The molecule has 8 nitrogen and oxygen atoms in total. The number of nitrogens with zero attached hydrogens (tertiary/aromatic N) is 6. The third-order valence-electron chi connectivity index (χ3n) is 5.37. The number of nitrogens with one attached hydrogen (secondary N) is 1. The highest BCUT2D eigenvalue weighted by molar-refractivity contribution is 5.93. The molecule has 166 valence electrons. The Bertz CT molecular complexity index is 1260. The molecule has 3 aromatic heterocycles. The third-order valence-corrected chi connectivity index (χ3v) is 5.37. The van der Waals surface area contributed by atoms with Crippen LogP contribution < -0.4 is 4.90 Å². The molecule has 0 atom stereocenters. The number of morpholine rings is 1. The molecule has 0 bridgehead atoms. The minimum atomic E-state index is -4.56. The van der Waals surface area contributed by atoms with Gasteiger partial charge in [0.15, 0.2) is 11.5 Å². The normalized spacial score (nSPS) is 14.9. The van der Waals surface area contributed by atoms with Crippen LogP contribution in [0.25, 0.3) is 28.2 Å². The smallest absolute Gasteiger partial charge is 0.378 e. The van der Waals surface area contributed by atoms with Crippen LogP contribution in [0.1, 0.15) is 18.3 Å². The first-order valence-electron chi connectivity index (χ1n) is 10.3. The van der Waals surface area contributed by atoms with Gasteiger partial charge in [-0.2, -0.15) is 33.2 Å². The van der Waals surface area contributed by atoms with Gasteiger partial charge < -0.3 is 14.6 Å². The summed E-state index contributed by atoms with van der Waals surface area (Å²) in [5, 5.41) is 4.69. The summed E-state index contributed by atoms with van der Waals surface area (Å²) in [6.07, 6.45) is -2.41. The number of anilines is 1. The van der Waals surface area contributed by atoms with Crippen molar-refractivity contribution in [2.75, 3.05) is 31.2 Å². The van der Waals surface area contributed by atoms with Crippen LogP contribution in [0.15, 0.2) is 36.5 Å². The Morgan fingerprint density at radius 3 is 2.59 bits per heavy atom. The van der Waals surface area contributed by atoms with Crippen molar-refractivity contribution in [3.63, 3.8) is 0 Å². The van der Waals surface area contributed by atoms with E-state index in [1.54, 1.807) is 6.92 Å². The third kappa shape index (κ3) is 3.68. The largest absolute Gasteiger partial charge is 0.435 e. The molecule has 1 aliphatic heterocycles. The lowest BCUT2D eigenvalue weighted by Gasteiger charge is -2.27. The molecule has 4 heterocycles. The Hall–Kier alpha value is -3.47. The molecule has 1 aliphatic rings. The molecular formula is C21H20F3N7O. The number of hydrogen-bond acceptors (Lipinski definition) is 6. The minimum Gasteiger partial charge on any atom is -0.378 e. The van der Waals surface area contributed by atoms with Gasteiger partial charge in [-0.25, -0.2) is 4.68 Å². The van der Waals surface area contributed by atoms with Gasteiger partial charge in [-0.3, -0.25) is 0 Å². The van der Waals surface area contributed by atoms with E-state index in [4.69, 9.17) is 4.74 Å². The monoisotopic (exact) mass is 443 g/mol. The van der Waals surface area contributed by atoms with Crippen molar-refractivity contribution in [1.29, 1.82) is 0 Å². The van der Waals surface area contributed by atoms with Gasteiger partial charge in [-0.05, 0) is 24.6 Å². The maximum Gasteiger partial charge on any atom is 0.435 e. The molecule has 4 aromatic rings. The van der Waals surface area contributed by atoms with Crippen LogP contribution in [0.3, 0.4) is 0 Å². The molecule has 11 heteroatoms. The lowest BCUT2D eigenvalue weighted by Crippen LogP contribution is -2.37. The summed E-state index contributed by atoms with van der Waals surface area (Å²) in [6.45, 7) is 3.95. The lowest BCUT2D eigenvalue weighted by molar-refractivity contribution is -0.141. The fraction of sp³-hybridized carbons (Fsp3) is 0.333. The van der Waals surface area contributed by atoms with Gasteiger partial charge in [-0.15, -0.1) is 0 Å². The van der Waals surface area contributed by atoms with Crippen molar-refractivity contribution in [3.05, 3.63) is 47.9 Å². The quantitative estimate of drug-likeness (QED) is 0.519. The second-order valence-electron chi connectivity index (χ2n) is 7.39. The highest BCUT2D eigenvalue weighted by atomic mass is 19.4. The highest BCUT2D eigenvalue weighted by Gasteiger charge is 2.35. The molecule has 1 N–H and O–H groups in total. The maximum atomic E-state index is 13.3. The molecule has 0 spiro atoms. The molecule has 1 saturated heterocycles. The van der Waals surface area contributed by atoms with E-state index in [2.05, 4.69) is 25.0 Å². The summed E-state index contributed by atoms with van der Waals surface area (Å²) in [7, 11) is 0. The van der Waals surface area contributed by atoms with E-state index in [0.717, 1.165) is 27.2 Å². The molecule has 1 fully saturated rings. The van der Waals surface area contributed by atoms with Gasteiger partial charge in [0.05, 0.1) is 13.2 Å². The van der Waals surface area contributed by atoms with Crippen molar-refractivity contribution in [3.8, 4) is 17.3 Å². The number of hydrogen-bond donors (Lipinski definition) is 1. The predicted molar refractivity (Wildman–Crippen MR) is 112 cm³/mol. The van der Waals surface area contributed by atoms with E-state index in [0.29, 0.717) is 50.2 Å². The Labute approximate surface area is 181 Å². The number of halogens is 3. The summed E-state index contributed by atoms with van der Waals surface area (Å²) < 4.78 is 46.6. The number of aryl methyl sites for hydroxylation is 1. The zero-order chi connectivity index (χ0) is 22.3. The molecule has 1 aromatic carbocycles. The van der Waals surface area contributed by atoms with Crippen molar-refractivity contribution < 1.29 is 17.9 Å². The zero-order valence-corrected chi connectivity index (χ0v) is 17.2. The Kier molecular flexibility index (Phi) is 5.04. The number of H-pyrrole nitrogens is 1. The zero-order valence-electron chi connectivity index (χ0n) is 17.2. The van der Waals surface area contributed by atoms with Crippen molar-refractivity contribution in [2.45, 2.75) is 19.5 Å². The first-order valence-corrected chi connectivity index (χ1v) is 10.3. The van der Waals surface area contributed by atoms with Gasteiger partial charge in [-0.1, -0.05) is 19.1 Å². The van der Waals surface area contributed by atoms with Crippen molar-refractivity contribution in [1.82, 2.24) is 29.7 Å². The number of fused-ring (bicyclic) bond motifs is 1. The summed E-state index contributed by atoms with van der Waals surface area (Å²) >= 11 is 0. The standard InChI is InChI=1S/C21H20F3N7O/c1-2-13-12-17(21(22,23)24)29-31(13)20-27-18(15-4-3-5-16-14(15)6-7-25-16)26-19(28-20)30-8-10-32-11-9-30/h3-7,12,25H,2,8-11H2,1H3. The summed E-state index contributed by atoms with van der Waals surface area (Å²) in [5.74, 6) is 0.802. The van der Waals surface area contributed by atoms with E-state index in [9.17, 15) is 13.2 Å². The number of ether oxygens (including phenoxy) is 1. The number of aromatic amines is 1. The number of benzene rings is 1. The number of rotatable bonds is 4. The van der Waals surface area contributed by atoms with Crippen LogP contribution in [0, 0.1) is 0 Å². The second kappa shape index (κ2) is 7.90. The second-order valence-corrected chi connectivity index (χ2v) is 7.39. The average Bonchev–Trinajstić information content (AvgIpc) is 3.46. The van der Waals surface area contributed by atoms with Gasteiger partial charge in [0.1, 0.15) is 0 Å². The first kappa shape index (κ1) is 20.4. The van der Waals surface area contributed by atoms with Crippen LogP contribution >= 0.6 is 0 Å². The van der Waals surface area contributed by atoms with Crippen LogP contribution in [0.5, 0.6) is 0 Å². The molecule has 32 heavy (non-hydrogen) atoms. The molecule has 0 unspecified atom stereocenters. The average molecular weight is 443 g/mol. The van der Waals surface area contributed by atoms with Gasteiger partial charge in [0.2, 0.25) is 5.95 Å². The van der Waals surface area contributed by atoms with Crippen LogP contribution in [-0.4, -0.2) is 56.0 Å². The fourth-order valence-corrected chi connectivity index (χ4v) is 3.74. The van der Waals surface area contributed by atoms with Crippen molar-refractivity contribution >= 4 is 16.9 Å². The molecule has 0 saturated carbocycles. The highest BCUT2D eigenvalue weighted by Crippen LogP contribution is 2.31. The first-order chi connectivity index (χ1) is 15.4. The van der Waals surface area contributed by atoms with Gasteiger partial charge >= 0.3 is 6.18 Å². The van der Waals surface area contributed by atoms with Gasteiger partial charge in [0, 0.05) is 41.4 Å². The van der Waals surface area contributed by atoms with E-state index < -0.39 is 11.9 Å². The minimum absolute atomic E-state index is 0.0522. The molecule has 0 aliphatic carbocycles. The van der Waals surface area contributed by atoms with Crippen molar-refractivity contribution in [2.24, 2.45) is 0 Å². The Morgan fingerprint density at radius 2 is 1.84 bits per heavy atom.